The van der Waals surface area contributed by atoms with Crippen molar-refractivity contribution in [1.29, 1.82) is 5.26 Å². The van der Waals surface area contributed by atoms with E-state index in [2.05, 4.69) is 31.2 Å². The molecular formula is C31H38F2N6O. The standard InChI is InChI=1S/C31H38F2N6O/c1-21-22-10-8-11-25(17-22)31(32,33)24-12-15-39(16-13-24)14-7-5-3-4-6-9-23(19-34)26-18-27-28(37-21)35-20-36-29(27)38-30(26)40-2/h8,10-11,17-18,20-21,23-24H,3-7,9,12-16H2,1-2H3,(H,35,36,37,38)/t21-,23?/m1/s1. The van der Waals surface area contributed by atoms with Crippen LogP contribution in [0.4, 0.5) is 14.6 Å². The number of hydrogen-bond donors (Lipinski definition) is 1. The molecule has 2 atom stereocenters. The molecule has 2 aromatic heterocycles. The molecule has 5 heterocycles. The fourth-order valence-corrected chi connectivity index (χ4v) is 6.08. The number of nitriles is 1. The highest BCUT2D eigenvalue weighted by Crippen LogP contribution is 2.42. The van der Waals surface area contributed by atoms with Crippen LogP contribution >= 0.6 is 0 Å². The fraction of sp³-hybridized carbons (Fsp3) is 0.548. The van der Waals surface area contributed by atoms with Crippen molar-refractivity contribution < 1.29 is 13.5 Å². The van der Waals surface area contributed by atoms with Crippen LogP contribution in [0.2, 0.25) is 0 Å². The van der Waals surface area contributed by atoms with Gasteiger partial charge in [-0.25, -0.2) is 18.7 Å². The number of alkyl halides is 2. The summed E-state index contributed by atoms with van der Waals surface area (Å²) in [6, 6.07) is 10.8. The molecule has 1 fully saturated rings. The van der Waals surface area contributed by atoms with Crippen LogP contribution in [0.1, 0.15) is 86.9 Å². The van der Waals surface area contributed by atoms with E-state index in [1.54, 1.807) is 25.3 Å². The van der Waals surface area contributed by atoms with Crippen molar-refractivity contribution in [2.24, 2.45) is 5.92 Å². The molecular weight excluding hydrogens is 510 g/mol. The van der Waals surface area contributed by atoms with Crippen molar-refractivity contribution in [2.45, 2.75) is 76.2 Å². The molecule has 212 valence electrons. The molecule has 9 heteroatoms. The molecule has 0 saturated carbocycles. The highest BCUT2D eigenvalue weighted by atomic mass is 19.3. The lowest BCUT2D eigenvalue weighted by molar-refractivity contribution is -0.0855. The summed E-state index contributed by atoms with van der Waals surface area (Å²) in [4.78, 5) is 15.7. The predicted molar refractivity (Wildman–Crippen MR) is 151 cm³/mol. The van der Waals surface area contributed by atoms with Gasteiger partial charge in [-0.3, -0.25) is 0 Å². The van der Waals surface area contributed by atoms with E-state index in [1.807, 2.05) is 19.1 Å². The lowest BCUT2D eigenvalue weighted by Crippen LogP contribution is -2.40. The van der Waals surface area contributed by atoms with Crippen LogP contribution in [0, 0.1) is 17.2 Å². The number of nitrogens with one attached hydrogen (secondary N) is 1. The third-order valence-corrected chi connectivity index (χ3v) is 8.53. The molecule has 1 N–H and O–H groups in total. The molecule has 6 bridgehead atoms. The van der Waals surface area contributed by atoms with Gasteiger partial charge in [0.2, 0.25) is 5.88 Å². The zero-order valence-corrected chi connectivity index (χ0v) is 23.4. The molecule has 1 aromatic carbocycles. The summed E-state index contributed by atoms with van der Waals surface area (Å²) in [5, 5.41) is 14.1. The molecule has 0 spiro atoms. The van der Waals surface area contributed by atoms with Crippen molar-refractivity contribution in [3.8, 4) is 11.9 Å². The Morgan fingerprint density at radius 1 is 1.02 bits per heavy atom. The first-order valence-electron chi connectivity index (χ1n) is 14.5. The molecule has 0 amide bonds. The maximum absolute atomic E-state index is 15.7. The zero-order valence-electron chi connectivity index (χ0n) is 23.4. The van der Waals surface area contributed by atoms with Crippen molar-refractivity contribution in [3.63, 3.8) is 0 Å². The van der Waals surface area contributed by atoms with Gasteiger partial charge in [0.1, 0.15) is 12.1 Å². The van der Waals surface area contributed by atoms with E-state index in [0.29, 0.717) is 35.6 Å². The van der Waals surface area contributed by atoms with Crippen LogP contribution in [0.15, 0.2) is 36.7 Å². The SMILES string of the molecule is COc1nc2ncnc3c2cc1C(C#N)CCCCCCCN1CCC(CC1)C(F)(F)c1cccc(c1)[C@@H](C)N3. The van der Waals surface area contributed by atoms with Gasteiger partial charge in [0, 0.05) is 23.1 Å². The number of piperidine rings is 1. The number of hydrogen-bond acceptors (Lipinski definition) is 7. The normalized spacial score (nSPS) is 25.8. The highest BCUT2D eigenvalue weighted by molar-refractivity contribution is 5.87. The molecule has 3 aliphatic heterocycles. The number of ether oxygens (including phenoxy) is 1. The molecule has 0 aliphatic carbocycles. The Kier molecular flexibility index (Phi) is 8.75. The minimum absolute atomic E-state index is 0.0670. The first-order chi connectivity index (χ1) is 19.4. The Morgan fingerprint density at radius 2 is 1.80 bits per heavy atom. The van der Waals surface area contributed by atoms with Gasteiger partial charge >= 0.3 is 0 Å². The van der Waals surface area contributed by atoms with Crippen molar-refractivity contribution >= 4 is 16.9 Å². The lowest BCUT2D eigenvalue weighted by Gasteiger charge is -2.36. The van der Waals surface area contributed by atoms with E-state index in [9.17, 15) is 5.26 Å². The molecule has 40 heavy (non-hydrogen) atoms. The summed E-state index contributed by atoms with van der Waals surface area (Å²) in [6.45, 7) is 4.33. The van der Waals surface area contributed by atoms with E-state index in [0.717, 1.165) is 69.3 Å². The topological polar surface area (TPSA) is 87.0 Å². The van der Waals surface area contributed by atoms with Gasteiger partial charge in [-0.2, -0.15) is 10.2 Å². The van der Waals surface area contributed by atoms with Gasteiger partial charge in [-0.05, 0) is 69.9 Å². The number of nitrogens with zero attached hydrogens (tertiary/aromatic N) is 5. The monoisotopic (exact) mass is 548 g/mol. The van der Waals surface area contributed by atoms with Crippen LogP contribution in [0.5, 0.6) is 5.88 Å². The summed E-state index contributed by atoms with van der Waals surface area (Å²) in [7, 11) is 1.55. The van der Waals surface area contributed by atoms with E-state index in [4.69, 9.17) is 4.74 Å². The quantitative estimate of drug-likeness (QED) is 0.351. The van der Waals surface area contributed by atoms with E-state index < -0.39 is 11.8 Å². The smallest absolute Gasteiger partial charge is 0.276 e. The van der Waals surface area contributed by atoms with Crippen LogP contribution in [0.25, 0.3) is 11.0 Å². The van der Waals surface area contributed by atoms with E-state index in [1.165, 1.54) is 6.33 Å². The Hall–Kier alpha value is -3.38. The number of pyridine rings is 1. The summed E-state index contributed by atoms with van der Waals surface area (Å²) < 4.78 is 37.0. The third-order valence-electron chi connectivity index (χ3n) is 8.53. The van der Waals surface area contributed by atoms with E-state index in [-0.39, 0.29) is 17.5 Å². The van der Waals surface area contributed by atoms with Gasteiger partial charge < -0.3 is 15.0 Å². The molecule has 7 nitrogen and oxygen atoms in total. The van der Waals surface area contributed by atoms with Crippen molar-refractivity contribution in [3.05, 3.63) is 53.3 Å². The zero-order chi connectivity index (χ0) is 28.1. The van der Waals surface area contributed by atoms with Crippen LogP contribution in [0.3, 0.4) is 0 Å². The van der Waals surface area contributed by atoms with E-state index >= 15 is 8.78 Å². The fourth-order valence-electron chi connectivity index (χ4n) is 6.08. The molecule has 6 rings (SSSR count). The largest absolute Gasteiger partial charge is 0.481 e. The molecule has 3 aromatic rings. The molecule has 0 radical (unpaired) electrons. The number of anilines is 1. The average Bonchev–Trinajstić information content (AvgIpc) is 2.98. The molecule has 3 aliphatic rings. The van der Waals surface area contributed by atoms with Crippen molar-refractivity contribution in [1.82, 2.24) is 19.9 Å². The van der Waals surface area contributed by atoms with Gasteiger partial charge in [0.05, 0.1) is 24.5 Å². The summed E-state index contributed by atoms with van der Waals surface area (Å²) in [5.41, 5.74) is 1.98. The van der Waals surface area contributed by atoms with Crippen LogP contribution in [-0.4, -0.2) is 46.6 Å². The number of halogens is 2. The maximum atomic E-state index is 15.7. The Morgan fingerprint density at radius 3 is 2.58 bits per heavy atom. The maximum Gasteiger partial charge on any atom is 0.276 e. The van der Waals surface area contributed by atoms with Crippen molar-refractivity contribution in [2.75, 3.05) is 32.1 Å². The van der Waals surface area contributed by atoms with Gasteiger partial charge in [0.15, 0.2) is 5.65 Å². The second-order valence-corrected chi connectivity index (χ2v) is 11.1. The van der Waals surface area contributed by atoms with Crippen LogP contribution < -0.4 is 10.1 Å². The second kappa shape index (κ2) is 12.4. The molecule has 1 saturated heterocycles. The number of fused-ring (bicyclic) bond motifs is 10. The third kappa shape index (κ3) is 6.02. The highest BCUT2D eigenvalue weighted by Gasteiger charge is 2.42. The Balaban J connectivity index is 1.50. The Bertz CT molecular complexity index is 1350. The van der Waals surface area contributed by atoms with Gasteiger partial charge in [0.25, 0.3) is 5.92 Å². The number of aromatic nitrogens is 3. The number of rotatable bonds is 1. The first kappa shape index (κ1) is 28.2. The number of benzene rings is 1. The second-order valence-electron chi connectivity index (χ2n) is 11.1. The Labute approximate surface area is 235 Å². The minimum atomic E-state index is -2.89. The minimum Gasteiger partial charge on any atom is -0.481 e. The predicted octanol–water partition coefficient (Wildman–Crippen LogP) is 6.97. The average molecular weight is 549 g/mol. The summed E-state index contributed by atoms with van der Waals surface area (Å²) >= 11 is 0. The summed E-state index contributed by atoms with van der Waals surface area (Å²) in [5.74, 6) is -2.97. The summed E-state index contributed by atoms with van der Waals surface area (Å²) in [6.07, 6.45) is 8.40. The lowest BCUT2D eigenvalue weighted by atomic mass is 9.85. The molecule has 1 unspecified atom stereocenters. The van der Waals surface area contributed by atoms with Crippen LogP contribution in [-0.2, 0) is 5.92 Å². The number of methoxy groups -OCH3 is 1. The van der Waals surface area contributed by atoms with Gasteiger partial charge in [-0.1, -0.05) is 43.9 Å². The van der Waals surface area contributed by atoms with Gasteiger partial charge in [-0.15, -0.1) is 0 Å². The first-order valence-corrected chi connectivity index (χ1v) is 14.5.